The molecule has 3 aromatic rings. The number of ether oxygens (including phenoxy) is 1. The first-order valence-corrected chi connectivity index (χ1v) is 8.67. The minimum atomic E-state index is -0.0600. The van der Waals surface area contributed by atoms with E-state index < -0.39 is 0 Å². The Morgan fingerprint density at radius 3 is 2.92 bits per heavy atom. The second-order valence-corrected chi connectivity index (χ2v) is 6.80. The molecule has 1 aliphatic carbocycles. The number of nitrogens with one attached hydrogen (secondary N) is 1. The van der Waals surface area contributed by atoms with Gasteiger partial charge in [0.2, 0.25) is 0 Å². The predicted molar refractivity (Wildman–Crippen MR) is 93.6 cm³/mol. The van der Waals surface area contributed by atoms with E-state index in [0.717, 1.165) is 29.2 Å². The number of thiophene rings is 1. The molecule has 1 aliphatic rings. The lowest BCUT2D eigenvalue weighted by atomic mass is 9.91. The van der Waals surface area contributed by atoms with Crippen LogP contribution in [0.25, 0.3) is 10.4 Å². The van der Waals surface area contributed by atoms with Gasteiger partial charge < -0.3 is 14.5 Å². The quantitative estimate of drug-likeness (QED) is 0.780. The minimum absolute atomic E-state index is 0.0600. The number of amides is 1. The first kappa shape index (κ1) is 15.0. The van der Waals surface area contributed by atoms with Crippen LogP contribution in [0.4, 0.5) is 0 Å². The molecule has 1 aromatic carbocycles. The largest absolute Gasteiger partial charge is 0.497 e. The summed E-state index contributed by atoms with van der Waals surface area (Å²) in [5.41, 5.74) is 3.74. The summed E-state index contributed by atoms with van der Waals surface area (Å²) in [6.07, 6.45) is 3.57. The van der Waals surface area contributed by atoms with Gasteiger partial charge >= 0.3 is 0 Å². The van der Waals surface area contributed by atoms with E-state index in [1.807, 2.05) is 24.3 Å². The van der Waals surface area contributed by atoms with Crippen molar-refractivity contribution in [1.29, 1.82) is 0 Å². The van der Waals surface area contributed by atoms with Crippen LogP contribution >= 0.6 is 11.3 Å². The van der Waals surface area contributed by atoms with Gasteiger partial charge in [-0.2, -0.15) is 0 Å². The number of carbonyl (C=O) groups excluding carboxylic acids is 1. The molecule has 4 rings (SSSR count). The molecule has 2 aromatic heterocycles. The fraction of sp³-hybridized carbons (Fsp3) is 0.211. The van der Waals surface area contributed by atoms with Gasteiger partial charge in [0.25, 0.3) is 5.91 Å². The zero-order valence-electron chi connectivity index (χ0n) is 13.3. The van der Waals surface area contributed by atoms with Gasteiger partial charge in [-0.05, 0) is 59.9 Å². The number of rotatable bonds is 4. The van der Waals surface area contributed by atoms with Crippen molar-refractivity contribution in [2.75, 3.05) is 7.11 Å². The van der Waals surface area contributed by atoms with E-state index in [0.29, 0.717) is 6.54 Å². The first-order chi connectivity index (χ1) is 11.7. The van der Waals surface area contributed by atoms with Crippen LogP contribution in [-0.4, -0.2) is 13.0 Å². The van der Waals surface area contributed by atoms with Gasteiger partial charge in [0.1, 0.15) is 11.5 Å². The van der Waals surface area contributed by atoms with Gasteiger partial charge in [0, 0.05) is 4.88 Å². The molecule has 0 aliphatic heterocycles. The van der Waals surface area contributed by atoms with Gasteiger partial charge in [0.05, 0.1) is 24.8 Å². The summed E-state index contributed by atoms with van der Waals surface area (Å²) in [6, 6.07) is 11.9. The third-order valence-electron chi connectivity index (χ3n) is 4.26. The standard InChI is InChI=1S/C19H17NO3S/c1-22-14-7-6-12-4-5-13-9-17(24-18(13)16(12)10-14)19(21)20-11-15-3-2-8-23-15/h2-3,6-10H,4-5,11H2,1H3,(H,20,21). The Hall–Kier alpha value is -2.53. The van der Waals surface area contributed by atoms with Crippen LogP contribution in [0.3, 0.4) is 0 Å². The molecular formula is C19H17NO3S. The van der Waals surface area contributed by atoms with Crippen molar-refractivity contribution in [3.05, 3.63) is 64.4 Å². The van der Waals surface area contributed by atoms with Crippen LogP contribution in [0.2, 0.25) is 0 Å². The van der Waals surface area contributed by atoms with Gasteiger partial charge in [0.15, 0.2) is 0 Å². The molecule has 0 atom stereocenters. The lowest BCUT2D eigenvalue weighted by Gasteiger charge is -2.16. The van der Waals surface area contributed by atoms with E-state index in [2.05, 4.69) is 17.4 Å². The lowest BCUT2D eigenvalue weighted by Crippen LogP contribution is -2.21. The third kappa shape index (κ3) is 2.71. The van der Waals surface area contributed by atoms with Crippen molar-refractivity contribution in [3.63, 3.8) is 0 Å². The summed E-state index contributed by atoms with van der Waals surface area (Å²) in [6.45, 7) is 0.402. The van der Waals surface area contributed by atoms with Crippen LogP contribution in [-0.2, 0) is 19.4 Å². The molecule has 4 nitrogen and oxygen atoms in total. The highest BCUT2D eigenvalue weighted by Gasteiger charge is 2.22. The van der Waals surface area contributed by atoms with E-state index in [-0.39, 0.29) is 5.91 Å². The van der Waals surface area contributed by atoms with Gasteiger partial charge in [-0.25, -0.2) is 0 Å². The number of aryl methyl sites for hydroxylation is 2. The molecule has 24 heavy (non-hydrogen) atoms. The Kier molecular flexibility index (Phi) is 3.86. The number of carbonyl (C=O) groups is 1. The fourth-order valence-corrected chi connectivity index (χ4v) is 4.18. The predicted octanol–water partition coefficient (Wildman–Crippen LogP) is 4.05. The second kappa shape index (κ2) is 6.17. The molecule has 0 bridgehead atoms. The maximum absolute atomic E-state index is 12.4. The van der Waals surface area contributed by atoms with E-state index >= 15 is 0 Å². The van der Waals surface area contributed by atoms with E-state index in [1.54, 1.807) is 24.7 Å². The van der Waals surface area contributed by atoms with E-state index in [9.17, 15) is 4.79 Å². The molecular weight excluding hydrogens is 322 g/mol. The van der Waals surface area contributed by atoms with E-state index in [1.165, 1.54) is 21.6 Å². The topological polar surface area (TPSA) is 51.5 Å². The molecule has 122 valence electrons. The van der Waals surface area contributed by atoms with Gasteiger partial charge in [-0.3, -0.25) is 4.79 Å². The third-order valence-corrected chi connectivity index (χ3v) is 5.47. The lowest BCUT2D eigenvalue weighted by molar-refractivity contribution is 0.0952. The summed E-state index contributed by atoms with van der Waals surface area (Å²) in [4.78, 5) is 14.3. The van der Waals surface area contributed by atoms with Crippen LogP contribution in [0.1, 0.15) is 26.6 Å². The van der Waals surface area contributed by atoms with Crippen LogP contribution in [0, 0.1) is 0 Å². The monoisotopic (exact) mass is 339 g/mol. The van der Waals surface area contributed by atoms with Crippen molar-refractivity contribution in [2.45, 2.75) is 19.4 Å². The van der Waals surface area contributed by atoms with Crippen molar-refractivity contribution in [1.82, 2.24) is 5.32 Å². The Morgan fingerprint density at radius 2 is 2.12 bits per heavy atom. The molecule has 1 N–H and O–H groups in total. The average molecular weight is 339 g/mol. The Bertz CT molecular complexity index is 880. The normalized spacial score (nSPS) is 12.4. The van der Waals surface area contributed by atoms with Crippen molar-refractivity contribution in [2.24, 2.45) is 0 Å². The number of hydrogen-bond donors (Lipinski definition) is 1. The van der Waals surface area contributed by atoms with Crippen molar-refractivity contribution >= 4 is 17.2 Å². The van der Waals surface area contributed by atoms with Crippen molar-refractivity contribution < 1.29 is 13.9 Å². The number of fused-ring (bicyclic) bond motifs is 3. The highest BCUT2D eigenvalue weighted by Crippen LogP contribution is 2.41. The Labute approximate surface area is 144 Å². The molecule has 0 fully saturated rings. The summed E-state index contributed by atoms with van der Waals surface area (Å²) in [5.74, 6) is 1.54. The molecule has 0 spiro atoms. The number of methoxy groups -OCH3 is 1. The Morgan fingerprint density at radius 1 is 1.25 bits per heavy atom. The van der Waals surface area contributed by atoms with Crippen LogP contribution in [0.15, 0.2) is 47.1 Å². The minimum Gasteiger partial charge on any atom is -0.497 e. The Balaban J connectivity index is 1.60. The number of hydrogen-bond acceptors (Lipinski definition) is 4. The van der Waals surface area contributed by atoms with Gasteiger partial charge in [-0.1, -0.05) is 6.07 Å². The zero-order chi connectivity index (χ0) is 16.5. The molecule has 5 heteroatoms. The molecule has 2 heterocycles. The highest BCUT2D eigenvalue weighted by atomic mass is 32.1. The van der Waals surface area contributed by atoms with Crippen LogP contribution < -0.4 is 10.1 Å². The summed E-state index contributed by atoms with van der Waals surface area (Å²) >= 11 is 1.54. The first-order valence-electron chi connectivity index (χ1n) is 7.85. The molecule has 1 amide bonds. The second-order valence-electron chi connectivity index (χ2n) is 5.75. The molecule has 0 saturated carbocycles. The van der Waals surface area contributed by atoms with Crippen molar-refractivity contribution in [3.8, 4) is 16.2 Å². The zero-order valence-corrected chi connectivity index (χ0v) is 14.1. The summed E-state index contributed by atoms with van der Waals surface area (Å²) < 4.78 is 10.6. The molecule has 0 unspecified atom stereocenters. The van der Waals surface area contributed by atoms with Gasteiger partial charge in [-0.15, -0.1) is 11.3 Å². The summed E-state index contributed by atoms with van der Waals surface area (Å²) in [7, 11) is 1.67. The molecule has 0 radical (unpaired) electrons. The number of furan rings is 1. The van der Waals surface area contributed by atoms with Crippen LogP contribution in [0.5, 0.6) is 5.75 Å². The highest BCUT2D eigenvalue weighted by molar-refractivity contribution is 7.17. The fourth-order valence-electron chi connectivity index (χ4n) is 3.00. The maximum Gasteiger partial charge on any atom is 0.261 e. The molecule has 0 saturated heterocycles. The van der Waals surface area contributed by atoms with E-state index in [4.69, 9.17) is 9.15 Å². The summed E-state index contributed by atoms with van der Waals surface area (Å²) in [5, 5.41) is 2.91. The SMILES string of the molecule is COc1ccc2c(c1)-c1sc(C(=O)NCc3ccco3)cc1CC2. The maximum atomic E-state index is 12.4. The number of benzene rings is 1. The smallest absolute Gasteiger partial charge is 0.261 e. The average Bonchev–Trinajstić information content (AvgIpc) is 3.28.